The van der Waals surface area contributed by atoms with Gasteiger partial charge < -0.3 is 10.5 Å². The summed E-state index contributed by atoms with van der Waals surface area (Å²) in [6.45, 7) is 4.56. The average Bonchev–Trinajstić information content (AvgIpc) is 2.35. The summed E-state index contributed by atoms with van der Waals surface area (Å²) in [4.78, 5) is 11.6. The van der Waals surface area contributed by atoms with Gasteiger partial charge in [-0.1, -0.05) is 26.7 Å². The molecular formula is C10H19NO2. The van der Waals surface area contributed by atoms with Crippen molar-refractivity contribution in [3.63, 3.8) is 0 Å². The van der Waals surface area contributed by atoms with Gasteiger partial charge in [-0.25, -0.2) is 0 Å². The van der Waals surface area contributed by atoms with Crippen molar-refractivity contribution < 1.29 is 9.53 Å². The van der Waals surface area contributed by atoms with Crippen molar-refractivity contribution in [1.29, 1.82) is 0 Å². The highest BCUT2D eigenvalue weighted by Gasteiger charge is 2.48. The maximum absolute atomic E-state index is 11.6. The van der Waals surface area contributed by atoms with E-state index in [4.69, 9.17) is 10.5 Å². The predicted octanol–water partition coefficient (Wildman–Crippen LogP) is 1.46. The van der Waals surface area contributed by atoms with E-state index in [1.54, 1.807) is 0 Å². The molecule has 1 atom stereocenters. The monoisotopic (exact) mass is 185 g/mol. The third-order valence-corrected chi connectivity index (χ3v) is 2.90. The van der Waals surface area contributed by atoms with Crippen LogP contribution in [0.25, 0.3) is 0 Å². The molecule has 0 aliphatic carbocycles. The van der Waals surface area contributed by atoms with Gasteiger partial charge in [-0.15, -0.1) is 0 Å². The van der Waals surface area contributed by atoms with Gasteiger partial charge >= 0.3 is 5.97 Å². The number of nitrogens with two attached hydrogens (primary N) is 1. The van der Waals surface area contributed by atoms with Gasteiger partial charge in [0.25, 0.3) is 0 Å². The fourth-order valence-electron chi connectivity index (χ4n) is 2.21. The third-order valence-electron chi connectivity index (χ3n) is 2.90. The van der Waals surface area contributed by atoms with E-state index in [1.165, 1.54) is 0 Å². The molecule has 1 rings (SSSR count). The number of cyclic esters (lactones) is 1. The lowest BCUT2D eigenvalue weighted by Gasteiger charge is -2.27. The van der Waals surface area contributed by atoms with Crippen molar-refractivity contribution in [2.45, 2.75) is 45.6 Å². The largest absolute Gasteiger partial charge is 0.464 e. The number of rotatable bonds is 4. The molecule has 13 heavy (non-hydrogen) atoms. The Kier molecular flexibility index (Phi) is 3.31. The lowest BCUT2D eigenvalue weighted by atomic mass is 9.75. The summed E-state index contributed by atoms with van der Waals surface area (Å²) in [5.41, 5.74) is 5.56. The van der Waals surface area contributed by atoms with Crippen LogP contribution in [0.3, 0.4) is 0 Å². The molecule has 0 bridgehead atoms. The lowest BCUT2D eigenvalue weighted by molar-refractivity contribution is -0.147. The van der Waals surface area contributed by atoms with Crippen LogP contribution in [0.4, 0.5) is 0 Å². The second kappa shape index (κ2) is 4.09. The second-order valence-corrected chi connectivity index (χ2v) is 3.86. The summed E-state index contributed by atoms with van der Waals surface area (Å²) in [7, 11) is 0. The standard InChI is InChI=1S/C10H19NO2/c1-3-5-10(6-4-2)8(11)7-13-9(10)12/h8H,3-7,11H2,1-2H3. The highest BCUT2D eigenvalue weighted by Crippen LogP contribution is 2.38. The molecule has 0 amide bonds. The van der Waals surface area contributed by atoms with Gasteiger partial charge in [-0.2, -0.15) is 0 Å². The van der Waals surface area contributed by atoms with E-state index in [0.717, 1.165) is 25.7 Å². The topological polar surface area (TPSA) is 52.3 Å². The molecule has 1 aliphatic rings. The summed E-state index contributed by atoms with van der Waals surface area (Å²) in [6.07, 6.45) is 3.70. The van der Waals surface area contributed by atoms with Gasteiger partial charge in [0, 0.05) is 0 Å². The Hall–Kier alpha value is -0.570. The number of carbonyl (C=O) groups is 1. The minimum absolute atomic E-state index is 0.0799. The number of hydrogen-bond acceptors (Lipinski definition) is 3. The van der Waals surface area contributed by atoms with Crippen molar-refractivity contribution in [2.24, 2.45) is 11.1 Å². The quantitative estimate of drug-likeness (QED) is 0.674. The van der Waals surface area contributed by atoms with Gasteiger partial charge in [0.1, 0.15) is 6.61 Å². The van der Waals surface area contributed by atoms with Gasteiger partial charge in [-0.3, -0.25) is 4.79 Å². The molecule has 0 aromatic carbocycles. The normalized spacial score (nSPS) is 26.1. The molecule has 1 unspecified atom stereocenters. The molecule has 1 fully saturated rings. The molecule has 3 heteroatoms. The van der Waals surface area contributed by atoms with Crippen molar-refractivity contribution in [1.82, 2.24) is 0 Å². The number of ether oxygens (including phenoxy) is 1. The van der Waals surface area contributed by atoms with Gasteiger partial charge in [0.05, 0.1) is 11.5 Å². The summed E-state index contributed by atoms with van der Waals surface area (Å²) in [6, 6.07) is -0.0973. The Labute approximate surface area is 79.6 Å². The van der Waals surface area contributed by atoms with E-state index in [9.17, 15) is 4.79 Å². The average molecular weight is 185 g/mol. The van der Waals surface area contributed by atoms with Crippen molar-refractivity contribution >= 4 is 5.97 Å². The fourth-order valence-corrected chi connectivity index (χ4v) is 2.21. The molecule has 1 aliphatic heterocycles. The maximum atomic E-state index is 11.6. The summed E-state index contributed by atoms with van der Waals surface area (Å²) < 4.78 is 5.02. The number of carbonyl (C=O) groups excluding carboxylic acids is 1. The van der Waals surface area contributed by atoms with E-state index in [-0.39, 0.29) is 17.4 Å². The minimum Gasteiger partial charge on any atom is -0.464 e. The second-order valence-electron chi connectivity index (χ2n) is 3.86. The van der Waals surface area contributed by atoms with Crippen LogP contribution < -0.4 is 5.73 Å². The van der Waals surface area contributed by atoms with Crippen LogP contribution in [-0.2, 0) is 9.53 Å². The number of hydrogen-bond donors (Lipinski definition) is 1. The van der Waals surface area contributed by atoms with Gasteiger partial charge in [0.15, 0.2) is 0 Å². The first-order valence-electron chi connectivity index (χ1n) is 5.10. The first kappa shape index (κ1) is 10.5. The zero-order valence-corrected chi connectivity index (χ0v) is 8.51. The summed E-state index contributed by atoms with van der Waals surface area (Å²) in [5.74, 6) is -0.0799. The molecule has 0 saturated carbocycles. The smallest absolute Gasteiger partial charge is 0.313 e. The summed E-state index contributed by atoms with van der Waals surface area (Å²) in [5, 5.41) is 0. The molecule has 2 N–H and O–H groups in total. The Morgan fingerprint density at radius 3 is 2.31 bits per heavy atom. The van der Waals surface area contributed by atoms with Crippen molar-refractivity contribution in [3.8, 4) is 0 Å². The third kappa shape index (κ3) is 1.70. The van der Waals surface area contributed by atoms with Gasteiger partial charge in [0.2, 0.25) is 0 Å². The highest BCUT2D eigenvalue weighted by atomic mass is 16.5. The zero-order valence-electron chi connectivity index (χ0n) is 8.51. The molecule has 1 saturated heterocycles. The molecule has 76 valence electrons. The van der Waals surface area contributed by atoms with E-state index in [0.29, 0.717) is 6.61 Å². The molecule has 3 nitrogen and oxygen atoms in total. The van der Waals surface area contributed by atoms with E-state index < -0.39 is 0 Å². The van der Waals surface area contributed by atoms with Crippen LogP contribution in [0.1, 0.15) is 39.5 Å². The van der Waals surface area contributed by atoms with Crippen LogP contribution in [0.2, 0.25) is 0 Å². The van der Waals surface area contributed by atoms with Gasteiger partial charge in [-0.05, 0) is 12.8 Å². The molecule has 0 aromatic rings. The van der Waals surface area contributed by atoms with Crippen molar-refractivity contribution in [2.75, 3.05) is 6.61 Å². The Morgan fingerprint density at radius 1 is 1.46 bits per heavy atom. The van der Waals surface area contributed by atoms with Crippen LogP contribution in [0.5, 0.6) is 0 Å². The minimum atomic E-state index is -0.372. The van der Waals surface area contributed by atoms with E-state index in [2.05, 4.69) is 13.8 Å². The highest BCUT2D eigenvalue weighted by molar-refractivity contribution is 5.79. The molecular weight excluding hydrogens is 166 g/mol. The first-order chi connectivity index (χ1) is 6.17. The Balaban J connectivity index is 2.79. The van der Waals surface area contributed by atoms with Crippen LogP contribution in [-0.4, -0.2) is 18.6 Å². The Morgan fingerprint density at radius 2 is 2.00 bits per heavy atom. The van der Waals surface area contributed by atoms with Crippen LogP contribution >= 0.6 is 0 Å². The number of esters is 1. The maximum Gasteiger partial charge on any atom is 0.313 e. The Bertz CT molecular complexity index is 185. The van der Waals surface area contributed by atoms with E-state index in [1.807, 2.05) is 0 Å². The molecule has 0 spiro atoms. The van der Waals surface area contributed by atoms with Crippen molar-refractivity contribution in [3.05, 3.63) is 0 Å². The molecule has 0 radical (unpaired) electrons. The predicted molar refractivity (Wildman–Crippen MR) is 51.2 cm³/mol. The van der Waals surface area contributed by atoms with Crippen LogP contribution in [0.15, 0.2) is 0 Å². The fraction of sp³-hybridized carbons (Fsp3) is 0.900. The molecule has 1 heterocycles. The molecule has 0 aromatic heterocycles. The van der Waals surface area contributed by atoms with Crippen LogP contribution in [0, 0.1) is 5.41 Å². The summed E-state index contributed by atoms with van der Waals surface area (Å²) >= 11 is 0. The SMILES string of the molecule is CCCC1(CCC)C(=O)OCC1N. The van der Waals surface area contributed by atoms with E-state index >= 15 is 0 Å². The lowest BCUT2D eigenvalue weighted by Crippen LogP contribution is -2.42. The first-order valence-corrected chi connectivity index (χ1v) is 5.10. The zero-order chi connectivity index (χ0) is 9.90.